The van der Waals surface area contributed by atoms with E-state index in [1.165, 1.54) is 6.33 Å². The fourth-order valence-corrected chi connectivity index (χ4v) is 3.21. The molecule has 1 heterocycles. The quantitative estimate of drug-likeness (QED) is 0.722. The van der Waals surface area contributed by atoms with Gasteiger partial charge in [-0.05, 0) is 17.1 Å². The molecule has 0 bridgehead atoms. The van der Waals surface area contributed by atoms with Crippen LogP contribution >= 0.6 is 55.1 Å². The van der Waals surface area contributed by atoms with Crippen LogP contribution in [-0.4, -0.2) is 19.9 Å². The van der Waals surface area contributed by atoms with Gasteiger partial charge in [-0.25, -0.2) is 9.67 Å². The van der Waals surface area contributed by atoms with Gasteiger partial charge in [0.15, 0.2) is 0 Å². The maximum Gasteiger partial charge on any atom is 0.137 e. The van der Waals surface area contributed by atoms with Crippen LogP contribution in [-0.2, 0) is 12.1 Å². The van der Waals surface area contributed by atoms with E-state index < -0.39 is 5.60 Å². The first-order chi connectivity index (χ1) is 9.94. The van der Waals surface area contributed by atoms with E-state index in [0.717, 1.165) is 4.48 Å². The first kappa shape index (κ1) is 17.0. The van der Waals surface area contributed by atoms with Crippen LogP contribution in [0.2, 0.25) is 10.0 Å². The monoisotopic (exact) mass is 453 g/mol. The number of nitrogens with zero attached hydrogens (tertiary/aromatic N) is 3. The van der Waals surface area contributed by atoms with Crippen molar-refractivity contribution in [1.82, 2.24) is 14.8 Å². The molecule has 8 heteroatoms. The zero-order valence-corrected chi connectivity index (χ0v) is 15.4. The van der Waals surface area contributed by atoms with Gasteiger partial charge < -0.3 is 5.11 Å². The maximum atomic E-state index is 11.1. The zero-order valence-electron chi connectivity index (χ0n) is 10.7. The first-order valence-electron chi connectivity index (χ1n) is 5.90. The molecule has 0 aliphatic rings. The molecular weight excluding hydrogens is 445 g/mol. The van der Waals surface area contributed by atoms with Crippen molar-refractivity contribution in [3.8, 4) is 0 Å². The third-order valence-electron chi connectivity index (χ3n) is 2.90. The molecular formula is C13H11Br2Cl2N3O. The summed E-state index contributed by atoms with van der Waals surface area (Å²) in [6.07, 6.45) is 3.28. The summed E-state index contributed by atoms with van der Waals surface area (Å²) in [5, 5.41) is 16.1. The van der Waals surface area contributed by atoms with Gasteiger partial charge in [0.2, 0.25) is 0 Å². The van der Waals surface area contributed by atoms with Crippen molar-refractivity contribution in [2.24, 2.45) is 0 Å². The molecule has 0 aliphatic heterocycles. The summed E-state index contributed by atoms with van der Waals surface area (Å²) in [4.78, 5) is 5.58. The minimum atomic E-state index is -1.25. The van der Waals surface area contributed by atoms with Gasteiger partial charge in [0.1, 0.15) is 18.3 Å². The summed E-state index contributed by atoms with van der Waals surface area (Å²) < 4.78 is 2.34. The summed E-state index contributed by atoms with van der Waals surface area (Å²) in [6.45, 7) is 0.213. The second kappa shape index (κ2) is 7.24. The topological polar surface area (TPSA) is 50.9 Å². The van der Waals surface area contributed by atoms with E-state index in [2.05, 4.69) is 41.9 Å². The smallest absolute Gasteiger partial charge is 0.137 e. The lowest BCUT2D eigenvalue weighted by Gasteiger charge is -2.29. The molecule has 0 spiro atoms. The van der Waals surface area contributed by atoms with Crippen molar-refractivity contribution < 1.29 is 5.11 Å². The van der Waals surface area contributed by atoms with Gasteiger partial charge in [-0.1, -0.05) is 61.1 Å². The molecule has 0 saturated carbocycles. The van der Waals surface area contributed by atoms with E-state index in [1.807, 2.05) is 0 Å². The van der Waals surface area contributed by atoms with E-state index in [4.69, 9.17) is 23.2 Å². The van der Waals surface area contributed by atoms with Gasteiger partial charge in [-0.15, -0.1) is 0 Å². The normalized spacial score (nSPS) is 15.0. The highest BCUT2D eigenvalue weighted by atomic mass is 79.9. The second-order valence-electron chi connectivity index (χ2n) is 4.48. The minimum Gasteiger partial charge on any atom is -0.383 e. The fourth-order valence-electron chi connectivity index (χ4n) is 2.00. The van der Waals surface area contributed by atoms with Gasteiger partial charge in [-0.2, -0.15) is 5.10 Å². The molecule has 112 valence electrons. The van der Waals surface area contributed by atoms with Gasteiger partial charge in [0.25, 0.3) is 0 Å². The molecule has 0 radical (unpaired) electrons. The third kappa shape index (κ3) is 4.29. The molecule has 0 amide bonds. The number of hydrogen-bond acceptors (Lipinski definition) is 3. The third-order valence-corrected chi connectivity index (χ3v) is 5.13. The van der Waals surface area contributed by atoms with E-state index in [0.29, 0.717) is 22.0 Å². The Bertz CT molecular complexity index is 649. The lowest BCUT2D eigenvalue weighted by molar-refractivity contribution is 0.0173. The summed E-state index contributed by atoms with van der Waals surface area (Å²) in [6, 6.07) is 5.02. The molecule has 1 aromatic heterocycles. The fraction of sp³-hybridized carbons (Fsp3) is 0.231. The number of benzene rings is 1. The van der Waals surface area contributed by atoms with Crippen molar-refractivity contribution in [2.75, 3.05) is 0 Å². The Kier molecular flexibility index (Phi) is 5.85. The second-order valence-corrected chi connectivity index (χ2v) is 6.80. The van der Waals surface area contributed by atoms with E-state index >= 15 is 0 Å². The largest absolute Gasteiger partial charge is 0.383 e. The number of rotatable bonds is 5. The standard InChI is InChI=1S/C13H11Br2Cl2N3O/c14-5-9(15)4-13(21,6-20-8-18-7-19-20)11-2-1-10(16)3-12(11)17/h1-3,5,7-8,21H,4,6H2. The lowest BCUT2D eigenvalue weighted by atomic mass is 9.90. The molecule has 0 aliphatic carbocycles. The summed E-state index contributed by atoms with van der Waals surface area (Å²) in [5.74, 6) is 0. The van der Waals surface area contributed by atoms with E-state index in [9.17, 15) is 5.11 Å². The Morgan fingerprint density at radius 3 is 2.76 bits per heavy atom. The van der Waals surface area contributed by atoms with Crippen LogP contribution in [0.15, 0.2) is 40.3 Å². The molecule has 4 nitrogen and oxygen atoms in total. The minimum absolute atomic E-state index is 0.213. The van der Waals surface area contributed by atoms with Crippen molar-refractivity contribution in [1.29, 1.82) is 0 Å². The van der Waals surface area contributed by atoms with Crippen molar-refractivity contribution in [3.05, 3.63) is 55.9 Å². The molecule has 2 rings (SSSR count). The van der Waals surface area contributed by atoms with E-state index in [-0.39, 0.29) is 6.54 Å². The van der Waals surface area contributed by atoms with Crippen LogP contribution in [0.3, 0.4) is 0 Å². The van der Waals surface area contributed by atoms with Gasteiger partial charge >= 0.3 is 0 Å². The number of aliphatic hydroxyl groups is 1. The summed E-state index contributed by atoms with van der Waals surface area (Å²) in [5.41, 5.74) is -0.672. The Morgan fingerprint density at radius 1 is 1.43 bits per heavy atom. The zero-order chi connectivity index (χ0) is 15.5. The highest BCUT2D eigenvalue weighted by Gasteiger charge is 2.33. The number of hydrogen-bond donors (Lipinski definition) is 1. The van der Waals surface area contributed by atoms with Crippen LogP contribution in [0, 0.1) is 0 Å². The molecule has 0 fully saturated rings. The SMILES string of the molecule is OC(CC(Br)=CBr)(Cn1cncn1)c1ccc(Cl)cc1Cl. The Hall–Kier alpha value is -0.400. The predicted octanol–water partition coefficient (Wildman–Crippen LogP) is 4.49. The highest BCUT2D eigenvalue weighted by Crippen LogP contribution is 2.37. The van der Waals surface area contributed by atoms with Gasteiger partial charge in [0.05, 0.1) is 6.54 Å². The van der Waals surface area contributed by atoms with Crippen molar-refractivity contribution in [2.45, 2.75) is 18.6 Å². The van der Waals surface area contributed by atoms with Gasteiger partial charge in [-0.3, -0.25) is 0 Å². The number of aromatic nitrogens is 3. The highest BCUT2D eigenvalue weighted by molar-refractivity contribution is 9.14. The molecule has 2 aromatic rings. The van der Waals surface area contributed by atoms with Crippen molar-refractivity contribution in [3.63, 3.8) is 0 Å². The van der Waals surface area contributed by atoms with Crippen LogP contribution in [0.4, 0.5) is 0 Å². The average Bonchev–Trinajstić information content (AvgIpc) is 2.90. The van der Waals surface area contributed by atoms with Crippen LogP contribution in [0.5, 0.6) is 0 Å². The maximum absolute atomic E-state index is 11.1. The van der Waals surface area contributed by atoms with Crippen LogP contribution in [0.25, 0.3) is 0 Å². The molecule has 21 heavy (non-hydrogen) atoms. The molecule has 1 N–H and O–H groups in total. The molecule has 1 unspecified atom stereocenters. The lowest BCUT2D eigenvalue weighted by Crippen LogP contribution is -2.32. The van der Waals surface area contributed by atoms with Crippen molar-refractivity contribution >= 4 is 55.1 Å². The van der Waals surface area contributed by atoms with E-state index in [1.54, 1.807) is 34.2 Å². The van der Waals surface area contributed by atoms with Crippen LogP contribution in [0.1, 0.15) is 12.0 Å². The number of halogens is 4. The Balaban J connectivity index is 2.43. The predicted molar refractivity (Wildman–Crippen MR) is 90.9 cm³/mol. The summed E-state index contributed by atoms with van der Waals surface area (Å²) >= 11 is 18.8. The molecule has 1 aromatic carbocycles. The Morgan fingerprint density at radius 2 is 2.19 bits per heavy atom. The van der Waals surface area contributed by atoms with Crippen LogP contribution < -0.4 is 0 Å². The summed E-state index contributed by atoms with van der Waals surface area (Å²) in [7, 11) is 0. The first-order valence-corrected chi connectivity index (χ1v) is 8.36. The molecule has 0 saturated heterocycles. The Labute approximate surface area is 149 Å². The van der Waals surface area contributed by atoms with Gasteiger partial charge in [0, 0.05) is 26.5 Å². The molecule has 1 atom stereocenters. The average molecular weight is 456 g/mol.